The predicted octanol–water partition coefficient (Wildman–Crippen LogP) is 25.8. The van der Waals surface area contributed by atoms with Crippen molar-refractivity contribution in [3.63, 3.8) is 0 Å². The van der Waals surface area contributed by atoms with E-state index in [1.165, 1.54) is 305 Å². The number of unbranched alkanes of at least 4 members (excludes halogenated alkanes) is 43. The summed E-state index contributed by atoms with van der Waals surface area (Å²) < 4.78 is 0. The Morgan fingerprint density at radius 1 is 0.260 bits per heavy atom. The lowest BCUT2D eigenvalue weighted by molar-refractivity contribution is 0.522. The first-order valence-corrected chi connectivity index (χ1v) is 32.9. The molecule has 2 aromatic carbocycles. The molecule has 0 spiro atoms. The molecule has 0 bridgehead atoms. The first-order valence-electron chi connectivity index (χ1n) is 32.9. The van der Waals surface area contributed by atoms with E-state index in [1.807, 2.05) is 0 Å². The molecule has 0 heterocycles. The first kappa shape index (κ1) is 66.4. The molecule has 2 nitrogen and oxygen atoms in total. The van der Waals surface area contributed by atoms with Crippen molar-refractivity contribution in [2.75, 3.05) is 0 Å². The minimum absolute atomic E-state index is 0.975. The predicted molar refractivity (Wildman–Crippen MR) is 334 cm³/mol. The van der Waals surface area contributed by atoms with E-state index in [1.54, 1.807) is 0 Å². The van der Waals surface area contributed by atoms with E-state index >= 15 is 0 Å². The fourth-order valence-corrected chi connectivity index (χ4v) is 10.5. The second-order valence-corrected chi connectivity index (χ2v) is 22.7. The van der Waals surface area contributed by atoms with E-state index in [4.69, 9.17) is 9.98 Å². The molecule has 2 aromatic rings. The molecule has 0 radical (unpaired) electrons. The van der Waals surface area contributed by atoms with Crippen molar-refractivity contribution in [1.82, 2.24) is 0 Å². The highest BCUT2D eigenvalue weighted by molar-refractivity contribution is 6.43. The number of hydrogen-bond donors (Lipinski definition) is 0. The summed E-state index contributed by atoms with van der Waals surface area (Å²) in [5.41, 5.74) is 6.97. The van der Waals surface area contributed by atoms with Gasteiger partial charge in [-0.15, -0.1) is 0 Å². The van der Waals surface area contributed by atoms with Crippen LogP contribution in [0.2, 0.25) is 0 Å². The largest absolute Gasteiger partial charge is 0.252 e. The minimum atomic E-state index is 0.975. The minimum Gasteiger partial charge on any atom is -0.252 e. The fraction of sp³-hybridized carbons (Fsp3) is 0.746. The molecule has 0 fully saturated rings. The molecule has 416 valence electrons. The first-order chi connectivity index (χ1) is 36.2. The van der Waals surface area contributed by atoms with Crippen LogP contribution in [-0.2, 0) is 0 Å². The van der Waals surface area contributed by atoms with Crippen LogP contribution in [0.3, 0.4) is 0 Å². The maximum Gasteiger partial charge on any atom is 0.0634 e. The fourth-order valence-electron chi connectivity index (χ4n) is 10.5. The lowest BCUT2D eigenvalue weighted by Crippen LogP contribution is -2.14. The van der Waals surface area contributed by atoms with Gasteiger partial charge in [0, 0.05) is 0 Å². The number of rotatable bonds is 54. The highest BCUT2D eigenvalue weighted by Crippen LogP contribution is 2.23. The molecule has 2 heteroatoms. The van der Waals surface area contributed by atoms with Gasteiger partial charge in [0.25, 0.3) is 0 Å². The Labute approximate surface area is 456 Å². The Kier molecular flexibility index (Phi) is 47.9. The molecule has 73 heavy (non-hydrogen) atoms. The van der Waals surface area contributed by atoms with Crippen LogP contribution in [0.1, 0.15) is 353 Å². The third kappa shape index (κ3) is 42.1. The normalized spacial score (nSPS) is 12.4. The number of nitrogens with zero attached hydrogens (tertiary/aromatic N) is 2. The van der Waals surface area contributed by atoms with Gasteiger partial charge < -0.3 is 0 Å². The van der Waals surface area contributed by atoms with Crippen molar-refractivity contribution in [1.29, 1.82) is 0 Å². The van der Waals surface area contributed by atoms with Gasteiger partial charge in [0.15, 0.2) is 0 Å². The Morgan fingerprint density at radius 2 is 0.479 bits per heavy atom. The summed E-state index contributed by atoms with van der Waals surface area (Å²) in [7, 11) is 0. The average molecular weight is 1000 g/mol. The van der Waals surface area contributed by atoms with Crippen LogP contribution in [0.25, 0.3) is 12.2 Å². The van der Waals surface area contributed by atoms with Crippen LogP contribution in [0, 0.1) is 0 Å². The SMILES string of the molecule is CCCCCCCCCCCCCCCCCCCCCCC=Cc1ccc(N=C(CCCC)C(CCCCC)=Nc2ccc(C=CCCCCCCCCCCCCCCCCCCCCCC)cc2)cc1. The van der Waals surface area contributed by atoms with E-state index < -0.39 is 0 Å². The third-order valence-corrected chi connectivity index (χ3v) is 15.5. The molecule has 0 atom stereocenters. The molecule has 0 aliphatic heterocycles. The number of hydrogen-bond acceptors (Lipinski definition) is 2. The Morgan fingerprint density at radius 3 is 0.740 bits per heavy atom. The summed E-state index contributed by atoms with van der Waals surface area (Å²) in [6.07, 6.45) is 77.0. The molecule has 0 aromatic heterocycles. The van der Waals surface area contributed by atoms with Crippen molar-refractivity contribution in [3.05, 3.63) is 71.8 Å². The second kappa shape index (κ2) is 52.7. The van der Waals surface area contributed by atoms with Crippen molar-refractivity contribution >= 4 is 35.0 Å². The van der Waals surface area contributed by atoms with Crippen molar-refractivity contribution in [2.24, 2.45) is 9.98 Å². The molecule has 2 rings (SSSR count). The monoisotopic (exact) mass is 1000 g/mol. The van der Waals surface area contributed by atoms with Gasteiger partial charge in [-0.2, -0.15) is 0 Å². The number of allylic oxidation sites excluding steroid dienone is 2. The van der Waals surface area contributed by atoms with Gasteiger partial charge in [-0.25, -0.2) is 0 Å². The lowest BCUT2D eigenvalue weighted by Gasteiger charge is -2.11. The Bertz CT molecular complexity index is 1560. The van der Waals surface area contributed by atoms with E-state index in [0.717, 1.165) is 43.5 Å². The topological polar surface area (TPSA) is 24.7 Å². The van der Waals surface area contributed by atoms with Crippen LogP contribution in [0.15, 0.2) is 70.7 Å². The quantitative estimate of drug-likeness (QED) is 0.0466. The molecular formula is C71H122N2. The van der Waals surface area contributed by atoms with Crippen LogP contribution in [0.4, 0.5) is 11.4 Å². The van der Waals surface area contributed by atoms with Gasteiger partial charge in [-0.05, 0) is 86.8 Å². The van der Waals surface area contributed by atoms with Crippen molar-refractivity contribution < 1.29 is 0 Å². The van der Waals surface area contributed by atoms with Crippen LogP contribution in [-0.4, -0.2) is 11.4 Å². The summed E-state index contributed by atoms with van der Waals surface area (Å²) in [5, 5.41) is 0. The molecule has 0 aliphatic rings. The summed E-state index contributed by atoms with van der Waals surface area (Å²) in [4.78, 5) is 10.6. The molecule has 0 amide bonds. The van der Waals surface area contributed by atoms with Crippen LogP contribution >= 0.6 is 0 Å². The second-order valence-electron chi connectivity index (χ2n) is 22.7. The molecule has 0 saturated carbocycles. The third-order valence-electron chi connectivity index (χ3n) is 15.5. The van der Waals surface area contributed by atoms with E-state index in [-0.39, 0.29) is 0 Å². The summed E-state index contributed by atoms with van der Waals surface area (Å²) in [6.45, 7) is 9.19. The van der Waals surface area contributed by atoms with Gasteiger partial charge >= 0.3 is 0 Å². The van der Waals surface area contributed by atoms with Gasteiger partial charge in [0.2, 0.25) is 0 Å². The number of benzene rings is 2. The molecule has 0 saturated heterocycles. The smallest absolute Gasteiger partial charge is 0.0634 e. The summed E-state index contributed by atoms with van der Waals surface area (Å²) in [5.74, 6) is 0. The zero-order chi connectivity index (χ0) is 52.0. The highest BCUT2D eigenvalue weighted by Gasteiger charge is 2.11. The zero-order valence-electron chi connectivity index (χ0n) is 49.5. The van der Waals surface area contributed by atoms with Gasteiger partial charge in [-0.1, -0.05) is 340 Å². The molecular weight excluding hydrogens is 881 g/mol. The number of aliphatic imine (C=N–C) groups is 2. The standard InChI is InChI=1S/C71H122N2/c1-5-9-13-15-17-19-21-23-25-27-29-31-33-35-37-39-41-43-45-47-49-52-54-66-58-62-68(63-59-66)72-70(56-12-8-4)71(57-51-11-7-3)73-69-64-60-67(61-65-69)55-53-50-48-46-44-42-40-38-36-34-32-30-28-26-24-22-20-18-16-14-10-6-2/h52-55,58-65H,5-51,56-57H2,1-4H3. The van der Waals surface area contributed by atoms with E-state index in [0.29, 0.717) is 0 Å². The lowest BCUT2D eigenvalue weighted by atomic mass is 10.0. The summed E-state index contributed by atoms with van der Waals surface area (Å²) in [6, 6.07) is 17.8. The van der Waals surface area contributed by atoms with Gasteiger partial charge in [0.05, 0.1) is 22.8 Å². The van der Waals surface area contributed by atoms with Gasteiger partial charge in [-0.3, -0.25) is 9.98 Å². The Balaban J connectivity index is 1.63. The van der Waals surface area contributed by atoms with Crippen molar-refractivity contribution in [2.45, 2.75) is 342 Å². The van der Waals surface area contributed by atoms with E-state index in [9.17, 15) is 0 Å². The molecule has 0 unspecified atom stereocenters. The molecule has 0 N–H and O–H groups in total. The highest BCUT2D eigenvalue weighted by atomic mass is 14.8. The Hall–Kier alpha value is -2.74. The average Bonchev–Trinajstić information content (AvgIpc) is 3.41. The molecule has 0 aliphatic carbocycles. The summed E-state index contributed by atoms with van der Waals surface area (Å²) >= 11 is 0. The van der Waals surface area contributed by atoms with Crippen LogP contribution in [0.5, 0.6) is 0 Å². The van der Waals surface area contributed by atoms with Gasteiger partial charge in [0.1, 0.15) is 0 Å². The maximum atomic E-state index is 5.30. The van der Waals surface area contributed by atoms with Crippen LogP contribution < -0.4 is 0 Å². The zero-order valence-corrected chi connectivity index (χ0v) is 49.5. The van der Waals surface area contributed by atoms with E-state index in [2.05, 4.69) is 101 Å². The van der Waals surface area contributed by atoms with Crippen molar-refractivity contribution in [3.8, 4) is 0 Å². The maximum absolute atomic E-state index is 5.30.